The van der Waals surface area contributed by atoms with E-state index < -0.39 is 51.9 Å². The summed E-state index contributed by atoms with van der Waals surface area (Å²) in [5, 5.41) is 2.52. The Balaban J connectivity index is 2.10. The lowest BCUT2D eigenvalue weighted by atomic mass is 10.0. The van der Waals surface area contributed by atoms with Gasteiger partial charge in [-0.1, -0.05) is 76.9 Å². The molecule has 3 rings (SSSR count). The SMILES string of the molecule is CCCNC(=O)C(Cc1ccccc1)N(Cc1cccc(Br)c1)C(=O)CN(c1cc(C(F)(F)F)ccc1Cl)S(C)(=O)=O. The van der Waals surface area contributed by atoms with Gasteiger partial charge in [0.05, 0.1) is 22.5 Å². The molecule has 7 nitrogen and oxygen atoms in total. The topological polar surface area (TPSA) is 86.8 Å². The van der Waals surface area contributed by atoms with E-state index in [0.29, 0.717) is 28.9 Å². The Hall–Kier alpha value is -3.09. The minimum absolute atomic E-state index is 0.0801. The Morgan fingerprint density at radius 1 is 1.00 bits per heavy atom. The number of nitrogens with zero attached hydrogens (tertiary/aromatic N) is 2. The molecule has 2 amide bonds. The highest BCUT2D eigenvalue weighted by molar-refractivity contribution is 9.10. The average molecular weight is 689 g/mol. The number of alkyl halides is 3. The molecule has 3 aromatic carbocycles. The number of carbonyl (C=O) groups is 2. The van der Waals surface area contributed by atoms with Crippen LogP contribution in [0.25, 0.3) is 0 Å². The van der Waals surface area contributed by atoms with E-state index in [1.807, 2.05) is 13.0 Å². The van der Waals surface area contributed by atoms with E-state index in [1.165, 1.54) is 4.90 Å². The van der Waals surface area contributed by atoms with Crippen LogP contribution in [0.2, 0.25) is 5.02 Å². The van der Waals surface area contributed by atoms with Crippen LogP contribution in [0.3, 0.4) is 0 Å². The van der Waals surface area contributed by atoms with Crippen LogP contribution in [-0.4, -0.2) is 50.5 Å². The predicted molar refractivity (Wildman–Crippen MR) is 161 cm³/mol. The molecular weight excluding hydrogens is 659 g/mol. The summed E-state index contributed by atoms with van der Waals surface area (Å²) in [5.41, 5.74) is -0.237. The van der Waals surface area contributed by atoms with Crippen molar-refractivity contribution in [1.29, 1.82) is 0 Å². The molecule has 0 fully saturated rings. The van der Waals surface area contributed by atoms with Crippen molar-refractivity contribution < 1.29 is 31.2 Å². The zero-order valence-corrected chi connectivity index (χ0v) is 26.0. The standard InChI is InChI=1S/C29H30BrClF3N3O4S/c1-3-14-35-28(39)26(16-20-8-5-4-6-9-20)36(18-21-10-7-11-23(30)15-21)27(38)19-37(42(2,40)41)25-17-22(29(32,33)34)12-13-24(25)31/h4-13,15,17,26H,3,14,16,18-19H2,1-2H3,(H,35,39). The second kappa shape index (κ2) is 14.4. The van der Waals surface area contributed by atoms with Gasteiger partial charge in [0.15, 0.2) is 0 Å². The van der Waals surface area contributed by atoms with Gasteiger partial charge in [-0.05, 0) is 47.9 Å². The maximum atomic E-state index is 14.0. The average Bonchev–Trinajstić information content (AvgIpc) is 2.92. The molecule has 0 saturated heterocycles. The first kappa shape index (κ1) is 33.4. The van der Waals surface area contributed by atoms with Gasteiger partial charge in [-0.3, -0.25) is 13.9 Å². The summed E-state index contributed by atoms with van der Waals surface area (Å²) in [6.07, 6.45) is -3.26. The van der Waals surface area contributed by atoms with Crippen molar-refractivity contribution >= 4 is 55.1 Å². The molecule has 0 aliphatic carbocycles. The number of amides is 2. The van der Waals surface area contributed by atoms with Crippen LogP contribution in [-0.2, 0) is 38.8 Å². The Morgan fingerprint density at radius 3 is 2.26 bits per heavy atom. The molecule has 0 spiro atoms. The molecule has 0 saturated carbocycles. The first-order valence-corrected chi connectivity index (χ1v) is 15.9. The lowest BCUT2D eigenvalue weighted by Crippen LogP contribution is -2.53. The highest BCUT2D eigenvalue weighted by Gasteiger charge is 2.35. The van der Waals surface area contributed by atoms with E-state index in [9.17, 15) is 31.2 Å². The lowest BCUT2D eigenvalue weighted by molar-refractivity contribution is -0.140. The molecule has 1 unspecified atom stereocenters. The monoisotopic (exact) mass is 687 g/mol. The highest BCUT2D eigenvalue weighted by atomic mass is 79.9. The van der Waals surface area contributed by atoms with E-state index >= 15 is 0 Å². The number of hydrogen-bond acceptors (Lipinski definition) is 4. The smallest absolute Gasteiger partial charge is 0.354 e. The van der Waals surface area contributed by atoms with Crippen LogP contribution in [0.1, 0.15) is 30.0 Å². The molecule has 13 heteroatoms. The van der Waals surface area contributed by atoms with Gasteiger partial charge >= 0.3 is 6.18 Å². The molecule has 0 aromatic heterocycles. The third-order valence-corrected chi connectivity index (χ3v) is 8.22. The van der Waals surface area contributed by atoms with E-state index in [2.05, 4.69) is 21.2 Å². The molecule has 1 atom stereocenters. The number of hydrogen-bond donors (Lipinski definition) is 1. The summed E-state index contributed by atoms with van der Waals surface area (Å²) >= 11 is 9.56. The van der Waals surface area contributed by atoms with Gasteiger partial charge in [0.1, 0.15) is 12.6 Å². The summed E-state index contributed by atoms with van der Waals surface area (Å²) < 4.78 is 67.5. The number of anilines is 1. The minimum Gasteiger partial charge on any atom is -0.354 e. The summed E-state index contributed by atoms with van der Waals surface area (Å²) in [6.45, 7) is 1.25. The van der Waals surface area contributed by atoms with Crippen molar-refractivity contribution in [3.8, 4) is 0 Å². The lowest BCUT2D eigenvalue weighted by Gasteiger charge is -2.33. The molecule has 0 radical (unpaired) electrons. The van der Waals surface area contributed by atoms with Crippen LogP contribution in [0, 0.1) is 0 Å². The third-order valence-electron chi connectivity index (χ3n) is 6.28. The van der Waals surface area contributed by atoms with Gasteiger partial charge in [-0.15, -0.1) is 0 Å². The fourth-order valence-corrected chi connectivity index (χ4v) is 5.80. The second-order valence-electron chi connectivity index (χ2n) is 9.58. The summed E-state index contributed by atoms with van der Waals surface area (Å²) in [7, 11) is -4.30. The fraction of sp³-hybridized carbons (Fsp3) is 0.310. The van der Waals surface area contributed by atoms with E-state index in [4.69, 9.17) is 11.6 Å². The first-order chi connectivity index (χ1) is 19.7. The van der Waals surface area contributed by atoms with Gasteiger partial charge < -0.3 is 10.2 Å². The number of carbonyl (C=O) groups excluding carboxylic acids is 2. The maximum Gasteiger partial charge on any atom is 0.416 e. The number of benzene rings is 3. The van der Waals surface area contributed by atoms with Gasteiger partial charge in [-0.2, -0.15) is 13.2 Å². The van der Waals surface area contributed by atoms with Crippen molar-refractivity contribution in [3.63, 3.8) is 0 Å². The van der Waals surface area contributed by atoms with Gasteiger partial charge in [0.2, 0.25) is 21.8 Å². The molecule has 42 heavy (non-hydrogen) atoms. The zero-order chi connectivity index (χ0) is 31.1. The van der Waals surface area contributed by atoms with Crippen LogP contribution < -0.4 is 9.62 Å². The van der Waals surface area contributed by atoms with Crippen molar-refractivity contribution in [2.24, 2.45) is 0 Å². The second-order valence-corrected chi connectivity index (χ2v) is 12.8. The molecule has 0 aliphatic heterocycles. The van der Waals surface area contributed by atoms with E-state index in [-0.39, 0.29) is 18.0 Å². The van der Waals surface area contributed by atoms with Crippen molar-refractivity contribution in [2.75, 3.05) is 23.7 Å². The van der Waals surface area contributed by atoms with Crippen molar-refractivity contribution in [3.05, 3.63) is 99.0 Å². The molecule has 0 bridgehead atoms. The highest BCUT2D eigenvalue weighted by Crippen LogP contribution is 2.36. The van der Waals surface area contributed by atoms with Gasteiger partial charge in [-0.25, -0.2) is 8.42 Å². The molecule has 3 aromatic rings. The minimum atomic E-state index is -4.78. The number of rotatable bonds is 12. The molecule has 1 N–H and O–H groups in total. The Bertz CT molecular complexity index is 1510. The Labute approximate surface area is 256 Å². The first-order valence-electron chi connectivity index (χ1n) is 12.9. The maximum absolute atomic E-state index is 14.0. The molecule has 0 aliphatic rings. The van der Waals surface area contributed by atoms with Gasteiger partial charge in [0, 0.05) is 24.0 Å². The summed E-state index contributed by atoms with van der Waals surface area (Å²) in [6, 6.07) is 17.2. The third kappa shape index (κ3) is 9.20. The normalized spacial score (nSPS) is 12.5. The summed E-state index contributed by atoms with van der Waals surface area (Å²) in [5.74, 6) is -1.26. The van der Waals surface area contributed by atoms with Crippen LogP contribution >= 0.6 is 27.5 Å². The Morgan fingerprint density at radius 2 is 1.67 bits per heavy atom. The molecule has 0 heterocycles. The van der Waals surface area contributed by atoms with Crippen LogP contribution in [0.4, 0.5) is 18.9 Å². The number of sulfonamides is 1. The number of nitrogens with one attached hydrogen (secondary N) is 1. The quantitative estimate of drug-likeness (QED) is 0.251. The van der Waals surface area contributed by atoms with Gasteiger partial charge in [0.25, 0.3) is 0 Å². The predicted octanol–water partition coefficient (Wildman–Crippen LogP) is 6.05. The van der Waals surface area contributed by atoms with Crippen LogP contribution in [0.15, 0.2) is 77.3 Å². The van der Waals surface area contributed by atoms with Crippen molar-refractivity contribution in [2.45, 2.75) is 38.5 Å². The largest absolute Gasteiger partial charge is 0.416 e. The fourth-order valence-electron chi connectivity index (χ4n) is 4.23. The van der Waals surface area contributed by atoms with Crippen molar-refractivity contribution in [1.82, 2.24) is 10.2 Å². The van der Waals surface area contributed by atoms with E-state index in [0.717, 1.165) is 28.4 Å². The molecule has 226 valence electrons. The van der Waals surface area contributed by atoms with E-state index in [1.54, 1.807) is 48.5 Å². The zero-order valence-electron chi connectivity index (χ0n) is 22.9. The Kier molecular flexibility index (Phi) is 11.4. The summed E-state index contributed by atoms with van der Waals surface area (Å²) in [4.78, 5) is 28.8. The molecular formula is C29H30BrClF3N3O4S. The number of halogens is 5. The van der Waals surface area contributed by atoms with Crippen LogP contribution in [0.5, 0.6) is 0 Å².